The largest absolute Gasteiger partial charge is 0.496 e. The predicted octanol–water partition coefficient (Wildman–Crippen LogP) is 4.16. The third-order valence-electron chi connectivity index (χ3n) is 6.56. The SMILES string of the molecule is COc1cc(OC)c(C(=O)N2CCC3(CC2)Oc2cc(Cl)ccc2-n2cccc23)cc1CO. The Bertz CT molecular complexity index is 1210. The van der Waals surface area contributed by atoms with E-state index in [-0.39, 0.29) is 12.5 Å². The Balaban J connectivity index is 1.42. The number of nitrogens with zero attached hydrogens (tertiary/aromatic N) is 2. The molecule has 1 N–H and O–H groups in total. The van der Waals surface area contributed by atoms with Crippen molar-refractivity contribution >= 4 is 17.5 Å². The van der Waals surface area contributed by atoms with Crippen molar-refractivity contribution in [3.05, 3.63) is 70.5 Å². The van der Waals surface area contributed by atoms with Gasteiger partial charge in [-0.05, 0) is 30.3 Å². The van der Waals surface area contributed by atoms with E-state index in [0.29, 0.717) is 53.6 Å². The number of hydrogen-bond donors (Lipinski definition) is 1. The lowest BCUT2D eigenvalue weighted by Crippen LogP contribution is -2.50. The highest BCUT2D eigenvalue weighted by Gasteiger charge is 2.45. The lowest BCUT2D eigenvalue weighted by Gasteiger charge is -2.45. The van der Waals surface area contributed by atoms with Crippen molar-refractivity contribution in [2.45, 2.75) is 25.0 Å². The van der Waals surface area contributed by atoms with Crippen molar-refractivity contribution in [2.75, 3.05) is 27.3 Å². The van der Waals surface area contributed by atoms with Crippen LogP contribution in [0.4, 0.5) is 0 Å². The second-order valence-corrected chi connectivity index (χ2v) is 8.72. The van der Waals surface area contributed by atoms with Gasteiger partial charge in [-0.25, -0.2) is 0 Å². The molecular formula is C25H25ClN2O5. The summed E-state index contributed by atoms with van der Waals surface area (Å²) in [4.78, 5) is 15.2. The van der Waals surface area contributed by atoms with E-state index in [9.17, 15) is 9.90 Å². The number of benzene rings is 2. The number of rotatable bonds is 4. The highest BCUT2D eigenvalue weighted by molar-refractivity contribution is 6.30. The molecule has 0 bridgehead atoms. The first-order chi connectivity index (χ1) is 16.0. The Kier molecular flexibility index (Phi) is 5.46. The summed E-state index contributed by atoms with van der Waals surface area (Å²) < 4.78 is 19.4. The third kappa shape index (κ3) is 3.52. The molecule has 172 valence electrons. The van der Waals surface area contributed by atoms with Crippen LogP contribution in [0.25, 0.3) is 5.69 Å². The molecule has 0 aliphatic carbocycles. The molecule has 0 radical (unpaired) electrons. The number of amides is 1. The van der Waals surface area contributed by atoms with E-state index >= 15 is 0 Å². The molecule has 7 nitrogen and oxygen atoms in total. The first kappa shape index (κ1) is 21.7. The van der Waals surface area contributed by atoms with Crippen LogP contribution >= 0.6 is 11.6 Å². The Morgan fingerprint density at radius 2 is 1.88 bits per heavy atom. The van der Waals surface area contributed by atoms with E-state index in [2.05, 4.69) is 10.6 Å². The van der Waals surface area contributed by atoms with Crippen LogP contribution in [-0.2, 0) is 12.2 Å². The Morgan fingerprint density at radius 1 is 1.12 bits per heavy atom. The summed E-state index contributed by atoms with van der Waals surface area (Å²) >= 11 is 6.23. The number of aliphatic hydroxyl groups excluding tert-OH is 1. The highest BCUT2D eigenvalue weighted by atomic mass is 35.5. The minimum Gasteiger partial charge on any atom is -0.496 e. The lowest BCUT2D eigenvalue weighted by molar-refractivity contribution is -0.00936. The van der Waals surface area contributed by atoms with Gasteiger partial charge >= 0.3 is 0 Å². The summed E-state index contributed by atoms with van der Waals surface area (Å²) in [6.45, 7) is 0.802. The summed E-state index contributed by atoms with van der Waals surface area (Å²) in [6.07, 6.45) is 3.31. The molecule has 5 rings (SSSR count). The second kappa shape index (κ2) is 8.32. The summed E-state index contributed by atoms with van der Waals surface area (Å²) in [5.74, 6) is 1.50. The van der Waals surface area contributed by atoms with Gasteiger partial charge in [0.1, 0.15) is 17.2 Å². The fourth-order valence-corrected chi connectivity index (χ4v) is 5.01. The molecule has 1 amide bonds. The van der Waals surface area contributed by atoms with Crippen LogP contribution in [0.3, 0.4) is 0 Å². The number of likely N-dealkylation sites (tertiary alicyclic amines) is 1. The summed E-state index contributed by atoms with van der Waals surface area (Å²) in [5, 5.41) is 10.3. The summed E-state index contributed by atoms with van der Waals surface area (Å²) in [5.41, 5.74) is 2.45. The van der Waals surface area contributed by atoms with Gasteiger partial charge < -0.3 is 28.8 Å². The topological polar surface area (TPSA) is 73.2 Å². The first-order valence-electron chi connectivity index (χ1n) is 10.8. The minimum atomic E-state index is -0.530. The molecule has 0 saturated carbocycles. The van der Waals surface area contributed by atoms with Gasteiger partial charge in [-0.3, -0.25) is 4.79 Å². The van der Waals surface area contributed by atoms with Crippen LogP contribution in [0.15, 0.2) is 48.7 Å². The molecule has 0 atom stereocenters. The van der Waals surface area contributed by atoms with Gasteiger partial charge in [-0.1, -0.05) is 11.6 Å². The molecule has 2 aromatic carbocycles. The summed E-state index contributed by atoms with van der Waals surface area (Å²) in [6, 6.07) is 13.0. The number of carbonyl (C=O) groups is 1. The maximum atomic E-state index is 13.4. The molecule has 3 heterocycles. The number of hydrogen-bond acceptors (Lipinski definition) is 5. The predicted molar refractivity (Wildman–Crippen MR) is 124 cm³/mol. The average Bonchev–Trinajstić information content (AvgIpc) is 3.34. The maximum absolute atomic E-state index is 13.4. The standard InChI is InChI=1S/C25H25ClN2O5/c1-31-20-14-21(32-2)18(12-16(20)15-29)24(30)27-10-7-25(8-11-27)23-4-3-9-28(23)19-6-5-17(26)13-22(19)33-25/h3-6,9,12-14,29H,7-8,10-11,15H2,1-2H3. The third-order valence-corrected chi connectivity index (χ3v) is 6.80. The highest BCUT2D eigenvalue weighted by Crippen LogP contribution is 2.46. The van der Waals surface area contributed by atoms with Crippen LogP contribution in [0.1, 0.15) is 34.5 Å². The number of aromatic nitrogens is 1. The molecule has 3 aromatic rings. The molecule has 1 saturated heterocycles. The van der Waals surface area contributed by atoms with Crippen molar-refractivity contribution in [3.8, 4) is 22.9 Å². The number of halogens is 1. The van der Waals surface area contributed by atoms with E-state index in [0.717, 1.165) is 17.1 Å². The van der Waals surface area contributed by atoms with Crippen LogP contribution < -0.4 is 14.2 Å². The van der Waals surface area contributed by atoms with Crippen molar-refractivity contribution in [2.24, 2.45) is 0 Å². The van der Waals surface area contributed by atoms with Crippen molar-refractivity contribution in [1.29, 1.82) is 0 Å². The zero-order valence-corrected chi connectivity index (χ0v) is 19.3. The molecule has 33 heavy (non-hydrogen) atoms. The number of aliphatic hydroxyl groups is 1. The van der Waals surface area contributed by atoms with E-state index in [1.165, 1.54) is 14.2 Å². The zero-order chi connectivity index (χ0) is 23.2. The Hall–Kier alpha value is -3.16. The monoisotopic (exact) mass is 468 g/mol. The molecule has 1 aromatic heterocycles. The Labute approximate surface area is 197 Å². The van der Waals surface area contributed by atoms with Crippen molar-refractivity contribution in [1.82, 2.24) is 9.47 Å². The van der Waals surface area contributed by atoms with Gasteiger partial charge in [0, 0.05) is 54.8 Å². The van der Waals surface area contributed by atoms with Gasteiger partial charge in [0.15, 0.2) is 5.60 Å². The van der Waals surface area contributed by atoms with E-state index in [1.807, 2.05) is 30.5 Å². The smallest absolute Gasteiger partial charge is 0.257 e. The number of piperidine rings is 1. The molecule has 2 aliphatic heterocycles. The molecular weight excluding hydrogens is 444 g/mol. The Morgan fingerprint density at radius 3 is 2.58 bits per heavy atom. The normalized spacial score (nSPS) is 16.1. The van der Waals surface area contributed by atoms with Gasteiger partial charge in [0.25, 0.3) is 5.91 Å². The van der Waals surface area contributed by atoms with Gasteiger partial charge in [-0.15, -0.1) is 0 Å². The average molecular weight is 469 g/mol. The number of carbonyl (C=O) groups excluding carboxylic acids is 1. The lowest BCUT2D eigenvalue weighted by atomic mass is 9.86. The minimum absolute atomic E-state index is 0.145. The van der Waals surface area contributed by atoms with Crippen LogP contribution in [-0.4, -0.2) is 47.8 Å². The van der Waals surface area contributed by atoms with E-state index < -0.39 is 5.60 Å². The second-order valence-electron chi connectivity index (χ2n) is 8.29. The van der Waals surface area contributed by atoms with Crippen LogP contribution in [0, 0.1) is 0 Å². The summed E-state index contributed by atoms with van der Waals surface area (Å²) in [7, 11) is 3.03. The van der Waals surface area contributed by atoms with Crippen molar-refractivity contribution < 1.29 is 24.1 Å². The molecule has 0 unspecified atom stereocenters. The van der Waals surface area contributed by atoms with Gasteiger partial charge in [0.2, 0.25) is 0 Å². The van der Waals surface area contributed by atoms with Gasteiger partial charge in [-0.2, -0.15) is 0 Å². The molecule has 1 fully saturated rings. The first-order valence-corrected chi connectivity index (χ1v) is 11.2. The fourth-order valence-electron chi connectivity index (χ4n) is 4.85. The van der Waals surface area contributed by atoms with Crippen LogP contribution in [0.2, 0.25) is 5.02 Å². The number of methoxy groups -OCH3 is 2. The number of ether oxygens (including phenoxy) is 3. The van der Waals surface area contributed by atoms with E-state index in [4.69, 9.17) is 25.8 Å². The van der Waals surface area contributed by atoms with Crippen LogP contribution in [0.5, 0.6) is 17.2 Å². The zero-order valence-electron chi connectivity index (χ0n) is 18.5. The van der Waals surface area contributed by atoms with E-state index in [1.54, 1.807) is 17.0 Å². The molecule has 2 aliphatic rings. The van der Waals surface area contributed by atoms with Gasteiger partial charge in [0.05, 0.1) is 37.8 Å². The maximum Gasteiger partial charge on any atom is 0.257 e. The van der Waals surface area contributed by atoms with Crippen molar-refractivity contribution in [3.63, 3.8) is 0 Å². The molecule has 1 spiro atoms. The molecule has 8 heteroatoms. The fraction of sp³-hybridized carbons (Fsp3) is 0.320. The quantitative estimate of drug-likeness (QED) is 0.622. The number of fused-ring (bicyclic) bond motifs is 4.